The normalized spacial score (nSPS) is 31.4. The molecule has 2 heterocycles. The molecule has 0 bridgehead atoms. The molecular weight excluding hydrogens is 248 g/mol. The van der Waals surface area contributed by atoms with E-state index in [1.807, 2.05) is 0 Å². The molecule has 0 saturated carbocycles. The zero-order chi connectivity index (χ0) is 14.8. The van der Waals surface area contributed by atoms with Crippen molar-refractivity contribution in [3.05, 3.63) is 0 Å². The predicted octanol–water partition coefficient (Wildman–Crippen LogP) is 3.04. The summed E-state index contributed by atoms with van der Waals surface area (Å²) in [6.07, 6.45) is 5.30. The van der Waals surface area contributed by atoms with Crippen molar-refractivity contribution in [2.75, 3.05) is 26.2 Å². The van der Waals surface area contributed by atoms with Crippen LogP contribution in [0.4, 0.5) is 0 Å². The molecule has 20 heavy (non-hydrogen) atoms. The van der Waals surface area contributed by atoms with E-state index >= 15 is 0 Å². The molecule has 3 heteroatoms. The van der Waals surface area contributed by atoms with Crippen LogP contribution in [0, 0.1) is 5.92 Å². The van der Waals surface area contributed by atoms with Crippen molar-refractivity contribution in [1.82, 2.24) is 10.2 Å². The lowest BCUT2D eigenvalue weighted by atomic mass is 9.94. The molecular formula is C17H34N2O. The van der Waals surface area contributed by atoms with E-state index in [9.17, 15) is 0 Å². The molecule has 2 aliphatic rings. The van der Waals surface area contributed by atoms with E-state index in [2.05, 4.69) is 44.8 Å². The quantitative estimate of drug-likeness (QED) is 0.839. The van der Waals surface area contributed by atoms with Crippen molar-refractivity contribution in [2.24, 2.45) is 5.92 Å². The van der Waals surface area contributed by atoms with Gasteiger partial charge < -0.3 is 15.0 Å². The summed E-state index contributed by atoms with van der Waals surface area (Å²) in [5.41, 5.74) is -0.0361. The van der Waals surface area contributed by atoms with Crippen molar-refractivity contribution < 1.29 is 4.74 Å². The number of rotatable bonds is 5. The number of ether oxygens (including phenoxy) is 1. The van der Waals surface area contributed by atoms with Gasteiger partial charge in [0.2, 0.25) is 0 Å². The Hall–Kier alpha value is -0.120. The highest BCUT2D eigenvalue weighted by atomic mass is 16.5. The van der Waals surface area contributed by atoms with Crippen LogP contribution < -0.4 is 5.32 Å². The standard InChI is InChI=1S/C17H34N2O/c1-14(13-19-9-7-6-8-10-19)12-18-15-11-16(2,3)20-17(15,4)5/h14-15,18H,6-13H2,1-5H3. The number of hydrogen-bond donors (Lipinski definition) is 1. The monoisotopic (exact) mass is 282 g/mol. The average Bonchev–Trinajstić information content (AvgIpc) is 2.55. The summed E-state index contributed by atoms with van der Waals surface area (Å²) < 4.78 is 6.16. The molecule has 0 spiro atoms. The van der Waals surface area contributed by atoms with E-state index in [1.54, 1.807) is 0 Å². The molecule has 2 unspecified atom stereocenters. The van der Waals surface area contributed by atoms with Gasteiger partial charge in [-0.15, -0.1) is 0 Å². The third-order valence-corrected chi connectivity index (χ3v) is 4.81. The van der Waals surface area contributed by atoms with Gasteiger partial charge in [0.05, 0.1) is 11.2 Å². The first-order valence-corrected chi connectivity index (χ1v) is 8.44. The maximum atomic E-state index is 6.16. The van der Waals surface area contributed by atoms with Crippen LogP contribution in [-0.4, -0.2) is 48.3 Å². The van der Waals surface area contributed by atoms with Crippen molar-refractivity contribution in [1.29, 1.82) is 0 Å². The fourth-order valence-corrected chi connectivity index (χ4v) is 3.87. The summed E-state index contributed by atoms with van der Waals surface area (Å²) in [7, 11) is 0. The molecule has 0 radical (unpaired) electrons. The molecule has 0 aromatic carbocycles. The summed E-state index contributed by atoms with van der Waals surface area (Å²) in [4.78, 5) is 2.63. The van der Waals surface area contributed by atoms with E-state index < -0.39 is 0 Å². The topological polar surface area (TPSA) is 24.5 Å². The predicted molar refractivity (Wildman–Crippen MR) is 85.1 cm³/mol. The van der Waals surface area contributed by atoms with Crippen LogP contribution in [0.5, 0.6) is 0 Å². The van der Waals surface area contributed by atoms with Crippen LogP contribution in [0.1, 0.15) is 60.3 Å². The molecule has 0 amide bonds. The average molecular weight is 282 g/mol. The second kappa shape index (κ2) is 6.33. The van der Waals surface area contributed by atoms with E-state index in [1.165, 1.54) is 38.9 Å². The van der Waals surface area contributed by atoms with Crippen LogP contribution in [0.2, 0.25) is 0 Å². The summed E-state index contributed by atoms with van der Waals surface area (Å²) in [6, 6.07) is 0.473. The third kappa shape index (κ3) is 4.44. The minimum absolute atomic E-state index is 0.0112. The van der Waals surface area contributed by atoms with Crippen LogP contribution in [0.3, 0.4) is 0 Å². The van der Waals surface area contributed by atoms with E-state index in [0.717, 1.165) is 13.0 Å². The molecule has 1 N–H and O–H groups in total. The number of piperidine rings is 1. The molecule has 2 saturated heterocycles. The van der Waals surface area contributed by atoms with Crippen molar-refractivity contribution in [3.8, 4) is 0 Å². The summed E-state index contributed by atoms with van der Waals surface area (Å²) >= 11 is 0. The van der Waals surface area contributed by atoms with Gasteiger partial charge in [-0.1, -0.05) is 13.3 Å². The van der Waals surface area contributed by atoms with Gasteiger partial charge in [0.25, 0.3) is 0 Å². The highest BCUT2D eigenvalue weighted by molar-refractivity contribution is 4.99. The number of hydrogen-bond acceptors (Lipinski definition) is 3. The highest BCUT2D eigenvalue weighted by Gasteiger charge is 2.45. The first-order chi connectivity index (χ1) is 9.28. The fraction of sp³-hybridized carbons (Fsp3) is 1.00. The van der Waals surface area contributed by atoms with E-state index in [4.69, 9.17) is 4.74 Å². The Morgan fingerprint density at radius 3 is 2.35 bits per heavy atom. The van der Waals surface area contributed by atoms with Crippen LogP contribution in [0.25, 0.3) is 0 Å². The molecule has 0 aromatic rings. The molecule has 2 aliphatic heterocycles. The van der Waals surface area contributed by atoms with Crippen LogP contribution >= 0.6 is 0 Å². The van der Waals surface area contributed by atoms with Gasteiger partial charge in [-0.25, -0.2) is 0 Å². The maximum absolute atomic E-state index is 6.16. The van der Waals surface area contributed by atoms with Crippen molar-refractivity contribution in [2.45, 2.75) is 77.5 Å². The number of nitrogens with one attached hydrogen (secondary N) is 1. The van der Waals surface area contributed by atoms with Crippen LogP contribution in [0.15, 0.2) is 0 Å². The lowest BCUT2D eigenvalue weighted by molar-refractivity contribution is -0.0699. The second-order valence-corrected chi connectivity index (χ2v) is 8.10. The molecule has 2 atom stereocenters. The summed E-state index contributed by atoms with van der Waals surface area (Å²) in [5.74, 6) is 0.715. The maximum Gasteiger partial charge on any atom is 0.0787 e. The molecule has 2 rings (SSSR count). The second-order valence-electron chi connectivity index (χ2n) is 8.10. The van der Waals surface area contributed by atoms with Gasteiger partial charge in [0, 0.05) is 12.6 Å². The van der Waals surface area contributed by atoms with Gasteiger partial charge >= 0.3 is 0 Å². The first-order valence-electron chi connectivity index (χ1n) is 8.44. The SMILES string of the molecule is CC(CNC1CC(C)(C)OC1(C)C)CN1CCCCC1. The Kier molecular flexibility index (Phi) is 5.14. The van der Waals surface area contributed by atoms with Gasteiger partial charge in [0.15, 0.2) is 0 Å². The molecule has 3 nitrogen and oxygen atoms in total. The Morgan fingerprint density at radius 2 is 1.80 bits per heavy atom. The Balaban J connectivity index is 1.74. The molecule has 2 fully saturated rings. The Bertz CT molecular complexity index is 308. The van der Waals surface area contributed by atoms with Crippen LogP contribution in [-0.2, 0) is 4.74 Å². The van der Waals surface area contributed by atoms with Gasteiger partial charge in [-0.3, -0.25) is 0 Å². The van der Waals surface area contributed by atoms with Gasteiger partial charge in [0.1, 0.15) is 0 Å². The summed E-state index contributed by atoms with van der Waals surface area (Å²) in [5, 5.41) is 3.77. The van der Waals surface area contributed by atoms with Crippen molar-refractivity contribution in [3.63, 3.8) is 0 Å². The fourth-order valence-electron chi connectivity index (χ4n) is 3.87. The Labute approximate surface area is 125 Å². The number of likely N-dealkylation sites (tertiary alicyclic amines) is 1. The molecule has 118 valence electrons. The smallest absolute Gasteiger partial charge is 0.0787 e. The highest BCUT2D eigenvalue weighted by Crippen LogP contribution is 2.37. The zero-order valence-corrected chi connectivity index (χ0v) is 14.2. The largest absolute Gasteiger partial charge is 0.368 e. The minimum Gasteiger partial charge on any atom is -0.368 e. The first kappa shape index (κ1) is 16.3. The molecule has 0 aromatic heterocycles. The minimum atomic E-state index is -0.0473. The van der Waals surface area contributed by atoms with E-state index in [-0.39, 0.29) is 11.2 Å². The summed E-state index contributed by atoms with van der Waals surface area (Å²) in [6.45, 7) is 16.2. The van der Waals surface area contributed by atoms with Gasteiger partial charge in [-0.05, 0) is 72.5 Å². The third-order valence-electron chi connectivity index (χ3n) is 4.81. The Morgan fingerprint density at radius 1 is 1.15 bits per heavy atom. The van der Waals surface area contributed by atoms with E-state index in [0.29, 0.717) is 12.0 Å². The lowest BCUT2D eigenvalue weighted by Crippen LogP contribution is -2.46. The zero-order valence-electron chi connectivity index (χ0n) is 14.2. The lowest BCUT2D eigenvalue weighted by Gasteiger charge is -2.31. The number of nitrogens with zero attached hydrogens (tertiary/aromatic N) is 1. The van der Waals surface area contributed by atoms with Gasteiger partial charge in [-0.2, -0.15) is 0 Å². The van der Waals surface area contributed by atoms with Crippen molar-refractivity contribution >= 4 is 0 Å². The molecule has 0 aliphatic carbocycles.